The molecule has 0 radical (unpaired) electrons. The van der Waals surface area contributed by atoms with Crippen molar-refractivity contribution in [3.63, 3.8) is 0 Å². The molecule has 1 fully saturated rings. The van der Waals surface area contributed by atoms with Crippen molar-refractivity contribution < 1.29 is 17.8 Å². The summed E-state index contributed by atoms with van der Waals surface area (Å²) in [5, 5.41) is 4.19. The molecule has 0 bridgehead atoms. The average Bonchev–Trinajstić information content (AvgIpc) is 3.19. The standard InChI is InChI=1S/C22H25N3O3S/c1-17-8-9-21(14-18(17)2)29(26,27)25-12-10-24(11-13-25)16-20-15-22(28-23-20)19-6-4-3-5-7-19/h3-9,14-15H,10-13,16H2,1-2H3/p+1. The zero-order valence-electron chi connectivity index (χ0n) is 16.8. The van der Waals surface area contributed by atoms with Crippen molar-refractivity contribution in [1.29, 1.82) is 0 Å². The van der Waals surface area contributed by atoms with Crippen LogP contribution in [-0.2, 0) is 16.6 Å². The van der Waals surface area contributed by atoms with E-state index in [4.69, 9.17) is 4.52 Å². The fourth-order valence-corrected chi connectivity index (χ4v) is 5.16. The van der Waals surface area contributed by atoms with Gasteiger partial charge in [-0.25, -0.2) is 8.42 Å². The fraction of sp³-hybridized carbons (Fsp3) is 0.318. The number of rotatable bonds is 5. The van der Waals surface area contributed by atoms with Gasteiger partial charge in [0, 0.05) is 11.6 Å². The topological polar surface area (TPSA) is 67.8 Å². The fourth-order valence-electron chi connectivity index (χ4n) is 3.63. The number of hydrogen-bond donors (Lipinski definition) is 1. The number of nitrogens with one attached hydrogen (secondary N) is 1. The Kier molecular flexibility index (Phi) is 5.54. The summed E-state index contributed by atoms with van der Waals surface area (Å²) in [6, 6.07) is 17.2. The second-order valence-corrected chi connectivity index (χ2v) is 9.56. The third-order valence-electron chi connectivity index (χ3n) is 5.59. The van der Waals surface area contributed by atoms with Crippen molar-refractivity contribution in [1.82, 2.24) is 9.46 Å². The molecule has 7 heteroatoms. The van der Waals surface area contributed by atoms with Crippen molar-refractivity contribution in [3.8, 4) is 11.3 Å². The molecule has 152 valence electrons. The van der Waals surface area contributed by atoms with E-state index in [0.29, 0.717) is 18.0 Å². The molecule has 0 saturated carbocycles. The van der Waals surface area contributed by atoms with Crippen molar-refractivity contribution in [3.05, 3.63) is 71.4 Å². The van der Waals surface area contributed by atoms with Gasteiger partial charge in [0.1, 0.15) is 12.2 Å². The lowest BCUT2D eigenvalue weighted by atomic mass is 10.1. The Morgan fingerprint density at radius 1 is 1.00 bits per heavy atom. The van der Waals surface area contributed by atoms with Crippen molar-refractivity contribution >= 4 is 10.0 Å². The van der Waals surface area contributed by atoms with Gasteiger partial charge >= 0.3 is 0 Å². The molecule has 1 aliphatic rings. The van der Waals surface area contributed by atoms with Crippen LogP contribution < -0.4 is 4.90 Å². The van der Waals surface area contributed by atoms with Gasteiger partial charge in [0.15, 0.2) is 5.76 Å². The summed E-state index contributed by atoms with van der Waals surface area (Å²) in [4.78, 5) is 1.69. The summed E-state index contributed by atoms with van der Waals surface area (Å²) in [7, 11) is -3.44. The monoisotopic (exact) mass is 412 g/mol. The molecule has 0 spiro atoms. The van der Waals surface area contributed by atoms with E-state index in [1.807, 2.05) is 56.3 Å². The molecule has 1 aliphatic heterocycles. The number of aromatic nitrogens is 1. The number of sulfonamides is 1. The van der Waals surface area contributed by atoms with Gasteiger partial charge < -0.3 is 9.42 Å². The van der Waals surface area contributed by atoms with Gasteiger partial charge in [-0.1, -0.05) is 41.6 Å². The molecule has 0 atom stereocenters. The Morgan fingerprint density at radius 3 is 2.41 bits per heavy atom. The smallest absolute Gasteiger partial charge is 0.243 e. The first-order valence-electron chi connectivity index (χ1n) is 9.85. The number of quaternary nitrogens is 1. The lowest BCUT2D eigenvalue weighted by Gasteiger charge is -2.31. The van der Waals surface area contributed by atoms with Crippen LogP contribution >= 0.6 is 0 Å². The van der Waals surface area contributed by atoms with Crippen molar-refractivity contribution in [2.45, 2.75) is 25.3 Å². The lowest BCUT2D eigenvalue weighted by Crippen LogP contribution is -3.13. The first kappa shape index (κ1) is 19.8. The van der Waals surface area contributed by atoms with Gasteiger partial charge in [0.25, 0.3) is 0 Å². The Bertz CT molecular complexity index is 1090. The summed E-state index contributed by atoms with van der Waals surface area (Å²) >= 11 is 0. The second kappa shape index (κ2) is 8.10. The van der Waals surface area contributed by atoms with E-state index in [2.05, 4.69) is 5.16 Å². The molecule has 6 nitrogen and oxygen atoms in total. The highest BCUT2D eigenvalue weighted by molar-refractivity contribution is 7.89. The number of benzene rings is 2. The summed E-state index contributed by atoms with van der Waals surface area (Å²) in [5.41, 5.74) is 3.99. The molecule has 0 aliphatic carbocycles. The minimum absolute atomic E-state index is 0.382. The van der Waals surface area contributed by atoms with E-state index in [-0.39, 0.29) is 0 Å². The third kappa shape index (κ3) is 4.27. The molecular formula is C22H26N3O3S+. The largest absolute Gasteiger partial charge is 0.356 e. The van der Waals surface area contributed by atoms with E-state index in [9.17, 15) is 8.42 Å². The van der Waals surface area contributed by atoms with Gasteiger partial charge in [0.2, 0.25) is 10.0 Å². The maximum absolute atomic E-state index is 13.0. The van der Waals surface area contributed by atoms with Crippen LogP contribution in [0, 0.1) is 13.8 Å². The molecule has 0 amide bonds. The molecule has 29 heavy (non-hydrogen) atoms. The van der Waals surface area contributed by atoms with Gasteiger partial charge in [0.05, 0.1) is 31.1 Å². The molecule has 1 saturated heterocycles. The summed E-state index contributed by atoms with van der Waals surface area (Å²) < 4.78 is 33.0. The van der Waals surface area contributed by atoms with Gasteiger partial charge in [-0.3, -0.25) is 0 Å². The maximum Gasteiger partial charge on any atom is 0.243 e. The Balaban J connectivity index is 1.38. The van der Waals surface area contributed by atoms with Crippen LogP contribution in [-0.4, -0.2) is 44.1 Å². The minimum atomic E-state index is -3.44. The predicted molar refractivity (Wildman–Crippen MR) is 111 cm³/mol. The van der Waals surface area contributed by atoms with Crippen LogP contribution in [0.15, 0.2) is 64.0 Å². The maximum atomic E-state index is 13.0. The van der Waals surface area contributed by atoms with Gasteiger partial charge in [-0.05, 0) is 37.1 Å². The predicted octanol–water partition coefficient (Wildman–Crippen LogP) is 2.05. The molecule has 1 aromatic heterocycles. The molecule has 2 aromatic carbocycles. The highest BCUT2D eigenvalue weighted by Gasteiger charge is 2.31. The molecular weight excluding hydrogens is 386 g/mol. The molecule has 0 unspecified atom stereocenters. The molecule has 3 aromatic rings. The van der Waals surface area contributed by atoms with Crippen LogP contribution in [0.4, 0.5) is 0 Å². The zero-order valence-corrected chi connectivity index (χ0v) is 17.6. The summed E-state index contributed by atoms with van der Waals surface area (Å²) in [6.07, 6.45) is 0. The number of hydrogen-bond acceptors (Lipinski definition) is 4. The lowest BCUT2D eigenvalue weighted by molar-refractivity contribution is -0.917. The molecule has 2 heterocycles. The van der Waals surface area contributed by atoms with E-state index < -0.39 is 10.0 Å². The van der Waals surface area contributed by atoms with E-state index in [1.165, 1.54) is 4.90 Å². The SMILES string of the molecule is Cc1ccc(S(=O)(=O)N2CC[NH+](Cc3cc(-c4ccccc4)on3)CC2)cc1C. The average molecular weight is 413 g/mol. The zero-order chi connectivity index (χ0) is 20.4. The number of nitrogens with zero attached hydrogens (tertiary/aromatic N) is 2. The first-order valence-corrected chi connectivity index (χ1v) is 11.3. The minimum Gasteiger partial charge on any atom is -0.356 e. The van der Waals surface area contributed by atoms with Crippen LogP contribution in [0.2, 0.25) is 0 Å². The van der Waals surface area contributed by atoms with E-state index in [1.54, 1.807) is 16.4 Å². The number of aryl methyl sites for hydroxylation is 2. The van der Waals surface area contributed by atoms with Crippen molar-refractivity contribution in [2.75, 3.05) is 26.2 Å². The molecule has 4 rings (SSSR count). The van der Waals surface area contributed by atoms with Gasteiger partial charge in [-0.2, -0.15) is 4.31 Å². The number of piperazine rings is 1. The Morgan fingerprint density at radius 2 is 1.72 bits per heavy atom. The highest BCUT2D eigenvalue weighted by Crippen LogP contribution is 2.20. The summed E-state index contributed by atoms with van der Waals surface area (Å²) in [5.74, 6) is 0.760. The Hall–Kier alpha value is -2.48. The highest BCUT2D eigenvalue weighted by atomic mass is 32.2. The molecule has 1 N–H and O–H groups in total. The second-order valence-electron chi connectivity index (χ2n) is 7.63. The first-order chi connectivity index (χ1) is 13.9. The third-order valence-corrected chi connectivity index (χ3v) is 7.49. The van der Waals surface area contributed by atoms with Crippen LogP contribution in [0.1, 0.15) is 16.8 Å². The normalized spacial score (nSPS) is 16.2. The van der Waals surface area contributed by atoms with Crippen LogP contribution in [0.25, 0.3) is 11.3 Å². The summed E-state index contributed by atoms with van der Waals surface area (Å²) in [6.45, 7) is 7.17. The van der Waals surface area contributed by atoms with Crippen molar-refractivity contribution in [2.24, 2.45) is 0 Å². The van der Waals surface area contributed by atoms with E-state index >= 15 is 0 Å². The van der Waals surface area contributed by atoms with Crippen LogP contribution in [0.3, 0.4) is 0 Å². The van der Waals surface area contributed by atoms with E-state index in [0.717, 1.165) is 47.8 Å². The van der Waals surface area contributed by atoms with Gasteiger partial charge in [-0.15, -0.1) is 0 Å². The quantitative estimate of drug-likeness (QED) is 0.697. The Labute approximate surface area is 171 Å². The van der Waals surface area contributed by atoms with Crippen LogP contribution in [0.5, 0.6) is 0 Å².